The van der Waals surface area contributed by atoms with E-state index < -0.39 is 0 Å². The molecule has 298 valence electrons. The van der Waals surface area contributed by atoms with Crippen LogP contribution in [-0.2, 0) is 0 Å². The Morgan fingerprint density at radius 1 is 0.172 bits per heavy atom. The van der Waals surface area contributed by atoms with Gasteiger partial charge in [0.2, 0.25) is 0 Å². The summed E-state index contributed by atoms with van der Waals surface area (Å²) < 4.78 is 12.6. The van der Waals surface area contributed by atoms with Crippen LogP contribution < -0.4 is 0 Å². The molecule has 2 heteroatoms. The van der Waals surface area contributed by atoms with Crippen molar-refractivity contribution < 1.29 is 8.83 Å². The zero-order valence-corrected chi connectivity index (χ0v) is 34.8. The summed E-state index contributed by atoms with van der Waals surface area (Å²) in [4.78, 5) is 0. The molecule has 0 atom stereocenters. The summed E-state index contributed by atoms with van der Waals surface area (Å²) >= 11 is 0. The highest BCUT2D eigenvalue weighted by Gasteiger charge is 2.18. The molecule has 0 fully saturated rings. The van der Waals surface area contributed by atoms with E-state index in [2.05, 4.69) is 231 Å². The van der Waals surface area contributed by atoms with Gasteiger partial charge in [-0.1, -0.05) is 182 Å². The smallest absolute Gasteiger partial charge is 0.135 e. The van der Waals surface area contributed by atoms with E-state index in [9.17, 15) is 0 Å². The molecule has 0 radical (unpaired) electrons. The van der Waals surface area contributed by atoms with Crippen molar-refractivity contribution in [1.82, 2.24) is 0 Å². The van der Waals surface area contributed by atoms with Crippen LogP contribution in [0.25, 0.3) is 132 Å². The van der Waals surface area contributed by atoms with Gasteiger partial charge in [0.1, 0.15) is 22.3 Å². The summed E-state index contributed by atoms with van der Waals surface area (Å²) in [6, 6.07) is 83.0. The average molecular weight is 815 g/mol. The molecule has 0 saturated carbocycles. The van der Waals surface area contributed by atoms with Crippen molar-refractivity contribution in [2.45, 2.75) is 0 Å². The molecule has 13 rings (SSSR count). The van der Waals surface area contributed by atoms with Crippen LogP contribution in [0.5, 0.6) is 0 Å². The predicted molar refractivity (Wildman–Crippen MR) is 269 cm³/mol. The SMILES string of the molecule is c1ccc(-c2ccc3oc4ccc(-c5ccc(-c6c7ccccc7c(-c7ccc(-c8ccc9oc%10ccc(-c%11ccccc%11)cc%10c9c8)cc7)c7ccccc67)cc5)cc4c3c2)cc1. The van der Waals surface area contributed by atoms with Gasteiger partial charge in [0.05, 0.1) is 0 Å². The Labute approximate surface area is 369 Å². The van der Waals surface area contributed by atoms with Gasteiger partial charge in [-0.05, 0) is 137 Å². The molecule has 0 aliphatic heterocycles. The lowest BCUT2D eigenvalue weighted by Crippen LogP contribution is -1.91. The van der Waals surface area contributed by atoms with Crippen molar-refractivity contribution in [2.24, 2.45) is 0 Å². The van der Waals surface area contributed by atoms with E-state index in [1.54, 1.807) is 0 Å². The maximum atomic E-state index is 6.30. The molecule has 11 aromatic carbocycles. The maximum Gasteiger partial charge on any atom is 0.135 e. The average Bonchev–Trinajstić information content (AvgIpc) is 3.93. The molecule has 13 aromatic rings. The van der Waals surface area contributed by atoms with Gasteiger partial charge in [-0.15, -0.1) is 0 Å². The van der Waals surface area contributed by atoms with Crippen molar-refractivity contribution in [3.63, 3.8) is 0 Å². The minimum Gasteiger partial charge on any atom is -0.456 e. The topological polar surface area (TPSA) is 26.3 Å². The molecule has 2 aromatic heterocycles. The molecule has 0 aliphatic rings. The summed E-state index contributed by atoms with van der Waals surface area (Å²) in [5.74, 6) is 0. The van der Waals surface area contributed by atoms with Crippen molar-refractivity contribution in [3.8, 4) is 66.8 Å². The lowest BCUT2D eigenvalue weighted by Gasteiger charge is -2.18. The molecule has 64 heavy (non-hydrogen) atoms. The number of rotatable bonds is 6. The molecular weight excluding hydrogens is 777 g/mol. The Kier molecular flexibility index (Phi) is 8.25. The third-order valence-corrected chi connectivity index (χ3v) is 13.1. The highest BCUT2D eigenvalue weighted by Crippen LogP contribution is 2.45. The number of hydrogen-bond donors (Lipinski definition) is 0. The van der Waals surface area contributed by atoms with Gasteiger partial charge >= 0.3 is 0 Å². The first kappa shape index (κ1) is 36.2. The molecule has 0 aliphatic carbocycles. The van der Waals surface area contributed by atoms with Crippen molar-refractivity contribution >= 4 is 65.4 Å². The van der Waals surface area contributed by atoms with Gasteiger partial charge in [-0.3, -0.25) is 0 Å². The third kappa shape index (κ3) is 5.95. The van der Waals surface area contributed by atoms with E-state index in [4.69, 9.17) is 8.83 Å². The first-order valence-corrected chi connectivity index (χ1v) is 21.9. The van der Waals surface area contributed by atoms with Crippen LogP contribution in [0, 0.1) is 0 Å². The summed E-state index contributed by atoms with van der Waals surface area (Å²) in [5, 5.41) is 9.46. The lowest BCUT2D eigenvalue weighted by molar-refractivity contribution is 0.668. The van der Waals surface area contributed by atoms with Gasteiger partial charge in [-0.2, -0.15) is 0 Å². The first-order valence-electron chi connectivity index (χ1n) is 21.9. The van der Waals surface area contributed by atoms with Crippen LogP contribution >= 0.6 is 0 Å². The largest absolute Gasteiger partial charge is 0.456 e. The lowest BCUT2D eigenvalue weighted by atomic mass is 9.85. The van der Waals surface area contributed by atoms with Crippen LogP contribution in [-0.4, -0.2) is 0 Å². The molecule has 0 saturated heterocycles. The fourth-order valence-corrected chi connectivity index (χ4v) is 9.94. The van der Waals surface area contributed by atoms with Gasteiger partial charge in [0, 0.05) is 21.5 Å². The first-order chi connectivity index (χ1) is 31.7. The van der Waals surface area contributed by atoms with Crippen molar-refractivity contribution in [1.29, 1.82) is 0 Å². The minimum atomic E-state index is 0.899. The van der Waals surface area contributed by atoms with E-state index in [1.165, 1.54) is 77.2 Å². The van der Waals surface area contributed by atoms with Crippen molar-refractivity contribution in [3.05, 3.63) is 231 Å². The molecule has 0 N–H and O–H groups in total. The molecule has 2 heterocycles. The van der Waals surface area contributed by atoms with Crippen molar-refractivity contribution in [2.75, 3.05) is 0 Å². The zero-order chi connectivity index (χ0) is 42.1. The van der Waals surface area contributed by atoms with E-state index in [0.29, 0.717) is 0 Å². The summed E-state index contributed by atoms with van der Waals surface area (Å²) in [7, 11) is 0. The molecule has 2 nitrogen and oxygen atoms in total. The second kappa shape index (κ2) is 14.6. The van der Waals surface area contributed by atoms with Gasteiger partial charge in [-0.25, -0.2) is 0 Å². The molecular formula is C62H38O2. The molecule has 0 unspecified atom stereocenters. The zero-order valence-electron chi connectivity index (χ0n) is 34.8. The fraction of sp³-hybridized carbons (Fsp3) is 0. The van der Waals surface area contributed by atoms with Gasteiger partial charge in [0.25, 0.3) is 0 Å². The Morgan fingerprint density at radius 3 is 0.703 bits per heavy atom. The standard InChI is InChI=1S/C62H38O2/c1-3-11-39(12-4-1)45-27-31-57-53(35-45)55-37-47(29-33-59(55)63-57)41-19-23-43(24-20-41)61-49-15-7-9-17-51(49)62(52-18-10-8-16-50(52)61)44-25-21-42(22-26-44)48-30-34-60-56(38-48)54-36-46(28-32-58(54)64-60)40-13-5-2-6-14-40/h1-38H. The Morgan fingerprint density at radius 2 is 0.406 bits per heavy atom. The van der Waals surface area contributed by atoms with E-state index in [1.807, 2.05) is 0 Å². The summed E-state index contributed by atoms with van der Waals surface area (Å²) in [5.41, 5.74) is 17.9. The van der Waals surface area contributed by atoms with Crippen LogP contribution in [0.3, 0.4) is 0 Å². The number of furan rings is 2. The summed E-state index contributed by atoms with van der Waals surface area (Å²) in [6.45, 7) is 0. The number of fused-ring (bicyclic) bond motifs is 8. The Bertz CT molecular complexity index is 3590. The number of hydrogen-bond acceptors (Lipinski definition) is 2. The predicted octanol–water partition coefficient (Wildman–Crippen LogP) is 17.8. The minimum absolute atomic E-state index is 0.899. The third-order valence-electron chi connectivity index (χ3n) is 13.1. The second-order valence-corrected chi connectivity index (χ2v) is 16.8. The molecule has 0 spiro atoms. The highest BCUT2D eigenvalue weighted by atomic mass is 16.3. The molecule has 0 amide bonds. The van der Waals surface area contributed by atoms with Gasteiger partial charge in [0.15, 0.2) is 0 Å². The fourth-order valence-electron chi connectivity index (χ4n) is 9.94. The second-order valence-electron chi connectivity index (χ2n) is 16.8. The maximum absolute atomic E-state index is 6.30. The monoisotopic (exact) mass is 814 g/mol. The Hall–Kier alpha value is -8.46. The summed E-state index contributed by atoms with van der Waals surface area (Å²) in [6.07, 6.45) is 0. The van der Waals surface area contributed by atoms with E-state index >= 15 is 0 Å². The van der Waals surface area contributed by atoms with Crippen LogP contribution in [0.2, 0.25) is 0 Å². The van der Waals surface area contributed by atoms with Gasteiger partial charge < -0.3 is 8.83 Å². The van der Waals surface area contributed by atoms with Crippen LogP contribution in [0.4, 0.5) is 0 Å². The highest BCUT2D eigenvalue weighted by molar-refractivity contribution is 6.21. The number of benzene rings is 11. The Balaban J connectivity index is 0.865. The quantitative estimate of drug-likeness (QED) is 0.156. The van der Waals surface area contributed by atoms with Crippen LogP contribution in [0.15, 0.2) is 239 Å². The van der Waals surface area contributed by atoms with E-state index in [0.717, 1.165) is 55.0 Å². The molecule has 0 bridgehead atoms. The normalized spacial score (nSPS) is 11.8. The van der Waals surface area contributed by atoms with Crippen LogP contribution in [0.1, 0.15) is 0 Å². The van der Waals surface area contributed by atoms with E-state index in [-0.39, 0.29) is 0 Å².